The number of hydrogen-bond donors (Lipinski definition) is 3. The predicted molar refractivity (Wildman–Crippen MR) is 159 cm³/mol. The number of hydrogen-bond acceptors (Lipinski definition) is 7. The molecule has 0 saturated carbocycles. The molecule has 0 saturated heterocycles. The van der Waals surface area contributed by atoms with E-state index in [0.717, 1.165) is 33.2 Å². The quantitative estimate of drug-likeness (QED) is 0.169. The van der Waals surface area contributed by atoms with Gasteiger partial charge in [-0.25, -0.2) is 19.2 Å². The van der Waals surface area contributed by atoms with E-state index in [0.29, 0.717) is 37.2 Å². The van der Waals surface area contributed by atoms with Gasteiger partial charge in [0.05, 0.1) is 19.1 Å². The third-order valence-corrected chi connectivity index (χ3v) is 8.16. The third kappa shape index (κ3) is 8.72. The molecule has 4 rings (SSSR count). The van der Waals surface area contributed by atoms with E-state index in [9.17, 15) is 19.1 Å². The lowest BCUT2D eigenvalue weighted by Gasteiger charge is -2.17. The molecule has 8 nitrogen and oxygen atoms in total. The molecule has 2 atom stereocenters. The summed E-state index contributed by atoms with van der Waals surface area (Å²) in [4.78, 5) is 37.2. The predicted octanol–water partition coefficient (Wildman–Crippen LogP) is 5.38. The first-order valence-corrected chi connectivity index (χ1v) is 15.5. The molecule has 1 amide bonds. The van der Waals surface area contributed by atoms with Crippen LogP contribution < -0.4 is 5.32 Å². The molecule has 1 unspecified atom stereocenters. The third-order valence-electron chi connectivity index (χ3n) is 6.63. The first kappa shape index (κ1) is 30.4. The Morgan fingerprint density at radius 3 is 2.59 bits per heavy atom. The van der Waals surface area contributed by atoms with Crippen molar-refractivity contribution in [3.8, 4) is 0 Å². The number of benzene rings is 2. The standard InChI is InChI=1S/C30H33FN4O4S2/c1-19-33-16-27(34-19)25(29-32-12-14-41-29)18-39-17-21-4-8-22(7-3-20-5-9-23(31)10-6-20)24(15-21)28(36)35-26(30(37)38)11-13-40-2/h4-6,8-10,12,14-16,25-26H,3,7,11,13,17-18H2,1-2H3,(H,33,34)(H,35,36)(H,37,38)/t25?,26-/m0/s1. The molecule has 2 heterocycles. The van der Waals surface area contributed by atoms with E-state index < -0.39 is 17.9 Å². The number of halogens is 1. The number of aliphatic carboxylic acids is 1. The van der Waals surface area contributed by atoms with E-state index in [-0.39, 0.29) is 18.3 Å². The molecule has 216 valence electrons. The highest BCUT2D eigenvalue weighted by molar-refractivity contribution is 7.98. The fourth-order valence-corrected chi connectivity index (χ4v) is 5.63. The number of aromatic nitrogens is 3. The van der Waals surface area contributed by atoms with Crippen LogP contribution >= 0.6 is 23.1 Å². The number of carboxylic acids is 1. The molecule has 2 aromatic carbocycles. The number of carboxylic acid groups (broad SMARTS) is 1. The average molecular weight is 597 g/mol. The fraction of sp³-hybridized carbons (Fsp3) is 0.333. The first-order chi connectivity index (χ1) is 19.8. The van der Waals surface area contributed by atoms with Gasteiger partial charge in [-0.1, -0.05) is 24.3 Å². The van der Waals surface area contributed by atoms with Crippen molar-refractivity contribution in [1.82, 2.24) is 20.3 Å². The summed E-state index contributed by atoms with van der Waals surface area (Å²) in [5, 5.41) is 15.2. The zero-order valence-electron chi connectivity index (χ0n) is 22.9. The smallest absolute Gasteiger partial charge is 0.326 e. The number of aryl methyl sites for hydroxylation is 3. The minimum absolute atomic E-state index is 0.110. The van der Waals surface area contributed by atoms with Crippen LogP contribution in [0, 0.1) is 12.7 Å². The van der Waals surface area contributed by atoms with Crippen LogP contribution in [0.4, 0.5) is 4.39 Å². The second-order valence-electron chi connectivity index (χ2n) is 9.63. The van der Waals surface area contributed by atoms with Crippen molar-refractivity contribution in [3.63, 3.8) is 0 Å². The monoisotopic (exact) mass is 596 g/mol. The zero-order chi connectivity index (χ0) is 29.2. The van der Waals surface area contributed by atoms with Crippen molar-refractivity contribution >= 4 is 35.0 Å². The van der Waals surface area contributed by atoms with Crippen molar-refractivity contribution in [2.75, 3.05) is 18.6 Å². The molecule has 41 heavy (non-hydrogen) atoms. The van der Waals surface area contributed by atoms with Gasteiger partial charge in [0.15, 0.2) is 0 Å². The Hall–Kier alpha value is -3.54. The number of H-pyrrole nitrogens is 1. The van der Waals surface area contributed by atoms with Crippen LogP contribution in [0.5, 0.6) is 0 Å². The van der Waals surface area contributed by atoms with Gasteiger partial charge in [-0.15, -0.1) is 11.3 Å². The SMILES string of the molecule is CSCC[C@H](NC(=O)c1cc(COCC(c2cnc(C)[nH]2)c2nccs2)ccc1CCc1ccc(F)cc1)C(=O)O. The Balaban J connectivity index is 1.51. The lowest BCUT2D eigenvalue weighted by Crippen LogP contribution is -2.41. The van der Waals surface area contributed by atoms with Crippen LogP contribution in [0.15, 0.2) is 60.2 Å². The van der Waals surface area contributed by atoms with Gasteiger partial charge in [-0.2, -0.15) is 11.8 Å². The molecule has 0 bridgehead atoms. The number of carbonyl (C=O) groups excluding carboxylic acids is 1. The molecular formula is C30H33FN4O4S2. The van der Waals surface area contributed by atoms with Gasteiger partial charge in [0.1, 0.15) is 22.7 Å². The number of thioether (sulfide) groups is 1. The molecule has 0 aliphatic carbocycles. The number of carbonyl (C=O) groups is 2. The minimum Gasteiger partial charge on any atom is -0.480 e. The molecular weight excluding hydrogens is 563 g/mol. The number of aromatic amines is 1. The van der Waals surface area contributed by atoms with Crippen LogP contribution in [0.1, 0.15) is 55.9 Å². The lowest BCUT2D eigenvalue weighted by molar-refractivity contribution is -0.139. The maximum absolute atomic E-state index is 13.4. The van der Waals surface area contributed by atoms with Crippen LogP contribution in [0.25, 0.3) is 0 Å². The van der Waals surface area contributed by atoms with E-state index in [1.807, 2.05) is 30.7 Å². The van der Waals surface area contributed by atoms with Gasteiger partial charge < -0.3 is 20.1 Å². The summed E-state index contributed by atoms with van der Waals surface area (Å²) in [7, 11) is 0. The molecule has 11 heteroatoms. The van der Waals surface area contributed by atoms with Gasteiger partial charge in [0.25, 0.3) is 5.91 Å². The topological polar surface area (TPSA) is 117 Å². The highest BCUT2D eigenvalue weighted by Crippen LogP contribution is 2.26. The highest BCUT2D eigenvalue weighted by Gasteiger charge is 2.23. The normalized spacial score (nSPS) is 12.7. The summed E-state index contributed by atoms with van der Waals surface area (Å²) in [5.74, 6) is -0.501. The number of rotatable bonds is 15. The largest absolute Gasteiger partial charge is 0.480 e. The number of nitrogens with one attached hydrogen (secondary N) is 2. The Morgan fingerprint density at radius 2 is 1.93 bits per heavy atom. The minimum atomic E-state index is -1.07. The first-order valence-electron chi connectivity index (χ1n) is 13.2. The second-order valence-corrected chi connectivity index (χ2v) is 11.5. The van der Waals surface area contributed by atoms with Crippen molar-refractivity contribution in [2.45, 2.75) is 44.8 Å². The average Bonchev–Trinajstić information content (AvgIpc) is 3.65. The summed E-state index contributed by atoms with van der Waals surface area (Å²) >= 11 is 3.07. The Labute approximate surface area is 246 Å². The van der Waals surface area contributed by atoms with Crippen LogP contribution in [0.3, 0.4) is 0 Å². The molecule has 0 aliphatic rings. The summed E-state index contributed by atoms with van der Waals surface area (Å²) < 4.78 is 19.5. The van der Waals surface area contributed by atoms with Gasteiger partial charge in [0, 0.05) is 29.0 Å². The molecule has 3 N–H and O–H groups in total. The van der Waals surface area contributed by atoms with E-state index in [1.54, 1.807) is 41.9 Å². The number of amides is 1. The molecule has 0 aliphatic heterocycles. The molecule has 2 aromatic heterocycles. The molecule has 0 fully saturated rings. The van der Waals surface area contributed by atoms with Gasteiger partial charge in [-0.05, 0) is 73.1 Å². The maximum atomic E-state index is 13.4. The van der Waals surface area contributed by atoms with Gasteiger partial charge in [-0.3, -0.25) is 4.79 Å². The van der Waals surface area contributed by atoms with Crippen molar-refractivity contribution < 1.29 is 23.8 Å². The summed E-state index contributed by atoms with van der Waals surface area (Å²) in [6.07, 6.45) is 6.90. The number of nitrogens with zero attached hydrogens (tertiary/aromatic N) is 2. The fourth-order valence-electron chi connectivity index (χ4n) is 4.41. The van der Waals surface area contributed by atoms with E-state index in [4.69, 9.17) is 4.74 Å². The van der Waals surface area contributed by atoms with E-state index >= 15 is 0 Å². The summed E-state index contributed by atoms with van der Waals surface area (Å²) in [6.45, 7) is 2.50. The van der Waals surface area contributed by atoms with Crippen LogP contribution in [-0.2, 0) is 29.0 Å². The number of ether oxygens (including phenoxy) is 1. The van der Waals surface area contributed by atoms with Gasteiger partial charge in [0.2, 0.25) is 0 Å². The lowest BCUT2D eigenvalue weighted by atomic mass is 9.97. The number of thiazole rings is 1. The van der Waals surface area contributed by atoms with E-state index in [1.165, 1.54) is 23.9 Å². The van der Waals surface area contributed by atoms with Crippen molar-refractivity contribution in [2.24, 2.45) is 0 Å². The zero-order valence-corrected chi connectivity index (χ0v) is 24.6. The van der Waals surface area contributed by atoms with Crippen molar-refractivity contribution in [3.05, 3.63) is 105 Å². The van der Waals surface area contributed by atoms with Gasteiger partial charge >= 0.3 is 5.97 Å². The summed E-state index contributed by atoms with van der Waals surface area (Å²) in [5.41, 5.74) is 3.83. The second kappa shape index (κ2) is 14.9. The molecule has 0 spiro atoms. The number of imidazole rings is 1. The van der Waals surface area contributed by atoms with Crippen LogP contribution in [-0.4, -0.2) is 56.6 Å². The Kier molecular flexibility index (Phi) is 11.1. The van der Waals surface area contributed by atoms with Crippen LogP contribution in [0.2, 0.25) is 0 Å². The Morgan fingerprint density at radius 1 is 1.15 bits per heavy atom. The Bertz CT molecular complexity index is 1430. The van der Waals surface area contributed by atoms with E-state index in [2.05, 4.69) is 20.3 Å². The highest BCUT2D eigenvalue weighted by atomic mass is 32.2. The molecule has 0 radical (unpaired) electrons. The summed E-state index contributed by atoms with van der Waals surface area (Å²) in [6, 6.07) is 10.8. The molecule has 4 aromatic rings. The van der Waals surface area contributed by atoms with Crippen molar-refractivity contribution in [1.29, 1.82) is 0 Å². The maximum Gasteiger partial charge on any atom is 0.326 e.